The molecule has 2 aromatic rings. The van der Waals surface area contributed by atoms with Crippen molar-refractivity contribution >= 4 is 16.9 Å². The number of nitrogens with zero attached hydrogens (tertiary/aromatic N) is 4. The lowest BCUT2D eigenvalue weighted by Gasteiger charge is -2.15. The van der Waals surface area contributed by atoms with Crippen LogP contribution < -0.4 is 5.63 Å². The van der Waals surface area contributed by atoms with Gasteiger partial charge in [-0.25, -0.2) is 4.79 Å². The number of hydrogen-bond donors (Lipinski definition) is 0. The number of aromatic nitrogens is 3. The van der Waals surface area contributed by atoms with Crippen LogP contribution in [0.5, 0.6) is 0 Å². The Kier molecular flexibility index (Phi) is 3.02. The normalized spacial score (nSPS) is 21.7. The molecular formula is C15H18N4O3. The van der Waals surface area contributed by atoms with Crippen LogP contribution in [-0.2, 0) is 18.3 Å². The van der Waals surface area contributed by atoms with Crippen LogP contribution in [0.3, 0.4) is 0 Å². The first-order chi connectivity index (χ1) is 10.6. The molecule has 1 amide bonds. The van der Waals surface area contributed by atoms with E-state index in [2.05, 4.69) is 10.1 Å². The standard InChI is InChI=1S/C15H18N4O3/c1-18-13-11(7-16-18)15(21)22-12(17-13)6-9-4-5-19(8-9)14(20)10-2-3-10/h7,9-10H,2-6,8H2,1H3/t9-/m0/s1. The van der Waals surface area contributed by atoms with Crippen molar-refractivity contribution in [3.05, 3.63) is 22.5 Å². The molecule has 1 atom stereocenters. The van der Waals surface area contributed by atoms with Gasteiger partial charge in [-0.05, 0) is 25.2 Å². The molecule has 1 saturated heterocycles. The molecule has 0 aromatic carbocycles. The quantitative estimate of drug-likeness (QED) is 0.834. The van der Waals surface area contributed by atoms with Crippen molar-refractivity contribution in [2.75, 3.05) is 13.1 Å². The molecule has 0 bridgehead atoms. The number of aryl methyl sites for hydroxylation is 1. The number of fused-ring (bicyclic) bond motifs is 1. The Bertz CT molecular complexity index is 790. The summed E-state index contributed by atoms with van der Waals surface area (Å²) in [6, 6.07) is 0. The number of likely N-dealkylation sites (tertiary alicyclic amines) is 1. The van der Waals surface area contributed by atoms with Crippen molar-refractivity contribution in [1.82, 2.24) is 19.7 Å². The van der Waals surface area contributed by atoms with Gasteiger partial charge in [0.05, 0.1) is 6.20 Å². The predicted octanol–water partition coefficient (Wildman–Crippen LogP) is 0.722. The van der Waals surface area contributed by atoms with Gasteiger partial charge in [0.1, 0.15) is 5.39 Å². The van der Waals surface area contributed by atoms with Gasteiger partial charge in [0, 0.05) is 32.5 Å². The molecule has 1 saturated carbocycles. The Hall–Kier alpha value is -2.18. The molecule has 0 radical (unpaired) electrons. The monoisotopic (exact) mass is 302 g/mol. The summed E-state index contributed by atoms with van der Waals surface area (Å²) in [5.74, 6) is 1.30. The molecule has 22 heavy (non-hydrogen) atoms. The van der Waals surface area contributed by atoms with Gasteiger partial charge in [-0.15, -0.1) is 0 Å². The molecule has 1 aliphatic heterocycles. The first kappa shape index (κ1) is 13.5. The number of amides is 1. The highest BCUT2D eigenvalue weighted by Gasteiger charge is 2.36. The van der Waals surface area contributed by atoms with Crippen molar-refractivity contribution in [2.24, 2.45) is 18.9 Å². The number of hydrogen-bond acceptors (Lipinski definition) is 5. The molecule has 0 spiro atoms. The SMILES string of the molecule is Cn1ncc2c(=O)oc(C[C@@H]3CCN(C(=O)C4CC4)C3)nc21. The van der Waals surface area contributed by atoms with E-state index < -0.39 is 5.63 Å². The first-order valence-corrected chi connectivity index (χ1v) is 7.72. The van der Waals surface area contributed by atoms with E-state index in [1.165, 1.54) is 6.20 Å². The van der Waals surface area contributed by atoms with E-state index >= 15 is 0 Å². The van der Waals surface area contributed by atoms with Gasteiger partial charge in [0.15, 0.2) is 5.65 Å². The molecule has 0 unspecified atom stereocenters. The third kappa shape index (κ3) is 2.30. The Morgan fingerprint density at radius 2 is 2.23 bits per heavy atom. The van der Waals surface area contributed by atoms with Gasteiger partial charge in [-0.1, -0.05) is 0 Å². The summed E-state index contributed by atoms with van der Waals surface area (Å²) in [5.41, 5.74) is 0.159. The Labute approximate surface area is 126 Å². The molecule has 3 heterocycles. The molecular weight excluding hydrogens is 284 g/mol. The second-order valence-corrected chi connectivity index (χ2v) is 6.32. The van der Waals surface area contributed by atoms with E-state index in [0.29, 0.717) is 35.2 Å². The van der Waals surface area contributed by atoms with Crippen molar-refractivity contribution in [3.8, 4) is 0 Å². The highest BCUT2D eigenvalue weighted by atomic mass is 16.4. The summed E-state index contributed by atoms with van der Waals surface area (Å²) in [6.45, 7) is 1.54. The number of carbonyl (C=O) groups is 1. The second kappa shape index (κ2) is 4.93. The highest BCUT2D eigenvalue weighted by molar-refractivity contribution is 5.81. The van der Waals surface area contributed by atoms with Crippen molar-refractivity contribution in [2.45, 2.75) is 25.7 Å². The van der Waals surface area contributed by atoms with E-state index in [-0.39, 0.29) is 5.92 Å². The zero-order valence-electron chi connectivity index (χ0n) is 12.5. The van der Waals surface area contributed by atoms with E-state index in [0.717, 1.165) is 32.4 Å². The van der Waals surface area contributed by atoms with Crippen LogP contribution in [0.15, 0.2) is 15.4 Å². The third-order valence-corrected chi connectivity index (χ3v) is 4.56. The molecule has 1 aliphatic carbocycles. The topological polar surface area (TPSA) is 81.2 Å². The van der Waals surface area contributed by atoms with Gasteiger partial charge in [0.2, 0.25) is 11.8 Å². The average molecular weight is 302 g/mol. The zero-order chi connectivity index (χ0) is 15.3. The lowest BCUT2D eigenvalue weighted by Crippen LogP contribution is -2.30. The van der Waals surface area contributed by atoms with Crippen LogP contribution in [0, 0.1) is 11.8 Å². The highest BCUT2D eigenvalue weighted by Crippen LogP contribution is 2.33. The maximum absolute atomic E-state index is 12.1. The largest absolute Gasteiger partial charge is 0.408 e. The Morgan fingerprint density at radius 1 is 1.41 bits per heavy atom. The van der Waals surface area contributed by atoms with E-state index in [9.17, 15) is 9.59 Å². The fraction of sp³-hybridized carbons (Fsp3) is 0.600. The molecule has 2 aliphatic rings. The molecule has 4 rings (SSSR count). The minimum absolute atomic E-state index is 0.264. The minimum atomic E-state index is -0.392. The van der Waals surface area contributed by atoms with Gasteiger partial charge in [-0.2, -0.15) is 10.1 Å². The summed E-state index contributed by atoms with van der Waals surface area (Å²) in [6.07, 6.45) is 5.07. The van der Waals surface area contributed by atoms with Crippen molar-refractivity contribution in [1.29, 1.82) is 0 Å². The molecule has 2 aromatic heterocycles. The van der Waals surface area contributed by atoms with Crippen LogP contribution in [0.25, 0.3) is 11.0 Å². The summed E-state index contributed by atoms with van der Waals surface area (Å²) in [4.78, 5) is 30.4. The lowest BCUT2D eigenvalue weighted by molar-refractivity contribution is -0.131. The molecule has 0 N–H and O–H groups in total. The molecule has 7 heteroatoms. The number of carbonyl (C=O) groups excluding carboxylic acids is 1. The zero-order valence-corrected chi connectivity index (χ0v) is 12.5. The minimum Gasteiger partial charge on any atom is -0.408 e. The van der Waals surface area contributed by atoms with E-state index in [4.69, 9.17) is 4.42 Å². The lowest BCUT2D eigenvalue weighted by atomic mass is 10.1. The molecule has 7 nitrogen and oxygen atoms in total. The predicted molar refractivity (Wildman–Crippen MR) is 78.2 cm³/mol. The Morgan fingerprint density at radius 3 is 3.00 bits per heavy atom. The summed E-state index contributed by atoms with van der Waals surface area (Å²) >= 11 is 0. The maximum atomic E-state index is 12.1. The van der Waals surface area contributed by atoms with Gasteiger partial charge < -0.3 is 9.32 Å². The van der Waals surface area contributed by atoms with Crippen molar-refractivity contribution in [3.63, 3.8) is 0 Å². The molecule has 116 valence electrons. The Balaban J connectivity index is 1.50. The van der Waals surface area contributed by atoms with Crippen LogP contribution in [0.1, 0.15) is 25.2 Å². The van der Waals surface area contributed by atoms with Gasteiger partial charge in [-0.3, -0.25) is 9.48 Å². The smallest absolute Gasteiger partial charge is 0.350 e. The van der Waals surface area contributed by atoms with Crippen molar-refractivity contribution < 1.29 is 9.21 Å². The first-order valence-electron chi connectivity index (χ1n) is 7.72. The molecule has 2 fully saturated rings. The van der Waals surface area contributed by atoms with Crippen LogP contribution >= 0.6 is 0 Å². The van der Waals surface area contributed by atoms with Gasteiger partial charge in [0.25, 0.3) is 0 Å². The average Bonchev–Trinajstić information content (AvgIpc) is 3.14. The third-order valence-electron chi connectivity index (χ3n) is 4.56. The fourth-order valence-corrected chi connectivity index (χ4v) is 3.13. The number of rotatable bonds is 3. The van der Waals surface area contributed by atoms with E-state index in [1.54, 1.807) is 11.7 Å². The summed E-state index contributed by atoms with van der Waals surface area (Å²) < 4.78 is 6.87. The second-order valence-electron chi connectivity index (χ2n) is 6.32. The maximum Gasteiger partial charge on any atom is 0.350 e. The van der Waals surface area contributed by atoms with Crippen LogP contribution in [0.4, 0.5) is 0 Å². The summed E-state index contributed by atoms with van der Waals surface area (Å²) in [5, 5.41) is 4.44. The van der Waals surface area contributed by atoms with E-state index in [1.807, 2.05) is 4.90 Å². The van der Waals surface area contributed by atoms with Crippen LogP contribution in [0.2, 0.25) is 0 Å². The fourth-order valence-electron chi connectivity index (χ4n) is 3.13. The van der Waals surface area contributed by atoms with Crippen LogP contribution in [-0.4, -0.2) is 38.7 Å². The summed E-state index contributed by atoms with van der Waals surface area (Å²) in [7, 11) is 1.75. The van der Waals surface area contributed by atoms with Gasteiger partial charge >= 0.3 is 5.63 Å².